The zero-order chi connectivity index (χ0) is 11.7. The van der Waals surface area contributed by atoms with Crippen molar-refractivity contribution in [2.45, 2.75) is 18.1 Å². The van der Waals surface area contributed by atoms with Gasteiger partial charge in [-0.3, -0.25) is 0 Å². The molecular weight excluding hydrogens is 234 g/mol. The molecular formula is C12H13N3OS. The summed E-state index contributed by atoms with van der Waals surface area (Å²) >= 11 is 1.89. The maximum Gasteiger partial charge on any atom is 0.240 e. The van der Waals surface area contributed by atoms with E-state index in [9.17, 15) is 0 Å². The molecule has 0 bridgehead atoms. The minimum absolute atomic E-state index is 0.373. The summed E-state index contributed by atoms with van der Waals surface area (Å²) in [5.74, 6) is 2.55. The number of aromatic nitrogens is 2. The molecule has 1 aliphatic heterocycles. The van der Waals surface area contributed by atoms with E-state index in [1.165, 1.54) is 12.2 Å². The summed E-state index contributed by atoms with van der Waals surface area (Å²) in [4.78, 5) is 4.45. The number of nitrogens with zero attached hydrogens (tertiary/aromatic N) is 2. The van der Waals surface area contributed by atoms with Crippen LogP contribution in [0.25, 0.3) is 11.4 Å². The molecule has 88 valence electrons. The second-order valence-corrected chi connectivity index (χ2v) is 5.39. The molecule has 2 heterocycles. The topological polar surface area (TPSA) is 64.9 Å². The zero-order valence-corrected chi connectivity index (χ0v) is 10.1. The van der Waals surface area contributed by atoms with E-state index in [4.69, 9.17) is 10.3 Å². The number of benzene rings is 1. The van der Waals surface area contributed by atoms with Crippen LogP contribution < -0.4 is 5.73 Å². The van der Waals surface area contributed by atoms with E-state index >= 15 is 0 Å². The summed E-state index contributed by atoms with van der Waals surface area (Å²) in [6.45, 7) is 0. The van der Waals surface area contributed by atoms with Gasteiger partial charge in [0.2, 0.25) is 11.7 Å². The number of hydrogen-bond donors (Lipinski definition) is 1. The molecule has 17 heavy (non-hydrogen) atoms. The molecule has 2 N–H and O–H groups in total. The molecule has 3 rings (SSSR count). The van der Waals surface area contributed by atoms with Crippen LogP contribution in [0.3, 0.4) is 0 Å². The van der Waals surface area contributed by atoms with Crippen LogP contribution in [0.4, 0.5) is 5.69 Å². The van der Waals surface area contributed by atoms with Gasteiger partial charge in [-0.2, -0.15) is 4.98 Å². The van der Waals surface area contributed by atoms with Crippen molar-refractivity contribution in [3.8, 4) is 11.4 Å². The van der Waals surface area contributed by atoms with Crippen LogP contribution in [0.2, 0.25) is 0 Å². The smallest absolute Gasteiger partial charge is 0.240 e. The van der Waals surface area contributed by atoms with E-state index in [1.54, 1.807) is 0 Å². The molecule has 0 saturated carbocycles. The molecule has 0 spiro atoms. The second-order valence-electron chi connectivity index (χ2n) is 4.08. The first-order valence-corrected chi connectivity index (χ1v) is 6.69. The summed E-state index contributed by atoms with van der Waals surface area (Å²) in [5, 5.41) is 4.39. The second kappa shape index (κ2) is 4.41. The average molecular weight is 247 g/mol. The van der Waals surface area contributed by atoms with Gasteiger partial charge in [0.25, 0.3) is 0 Å². The highest BCUT2D eigenvalue weighted by Crippen LogP contribution is 2.39. The highest BCUT2D eigenvalue weighted by Gasteiger charge is 2.23. The van der Waals surface area contributed by atoms with Crippen molar-refractivity contribution in [3.05, 3.63) is 30.2 Å². The summed E-state index contributed by atoms with van der Waals surface area (Å²) in [5.41, 5.74) is 7.35. The number of hydrogen-bond acceptors (Lipinski definition) is 5. The van der Waals surface area contributed by atoms with Crippen molar-refractivity contribution >= 4 is 17.4 Å². The van der Waals surface area contributed by atoms with Crippen LogP contribution in [-0.2, 0) is 0 Å². The maximum absolute atomic E-state index is 5.73. The van der Waals surface area contributed by atoms with E-state index in [-0.39, 0.29) is 0 Å². The third-order valence-corrected chi connectivity index (χ3v) is 4.16. The van der Waals surface area contributed by atoms with Gasteiger partial charge in [0.05, 0.1) is 5.25 Å². The van der Waals surface area contributed by atoms with Crippen molar-refractivity contribution in [2.75, 3.05) is 11.5 Å². The monoisotopic (exact) mass is 247 g/mol. The first-order chi connectivity index (χ1) is 8.33. The first-order valence-electron chi connectivity index (χ1n) is 5.64. The third kappa shape index (κ3) is 2.15. The molecule has 2 aromatic rings. The standard InChI is InChI=1S/C12H13N3OS/c13-9-4-1-3-8(7-9)11-14-12(16-15-11)10-5-2-6-17-10/h1,3-4,7,10H,2,5-6,13H2. The number of nitrogens with two attached hydrogens (primary N) is 1. The lowest BCUT2D eigenvalue weighted by Gasteiger charge is -1.99. The van der Waals surface area contributed by atoms with E-state index in [1.807, 2.05) is 36.0 Å². The molecule has 1 aromatic carbocycles. The number of thioether (sulfide) groups is 1. The molecule has 0 amide bonds. The Labute approximate surface area is 104 Å². The zero-order valence-electron chi connectivity index (χ0n) is 9.30. The van der Waals surface area contributed by atoms with Gasteiger partial charge in [-0.05, 0) is 30.7 Å². The largest absolute Gasteiger partial charge is 0.399 e. The van der Waals surface area contributed by atoms with Gasteiger partial charge in [0.15, 0.2) is 0 Å². The molecule has 1 atom stereocenters. The lowest BCUT2D eigenvalue weighted by atomic mass is 10.2. The van der Waals surface area contributed by atoms with Gasteiger partial charge < -0.3 is 10.3 Å². The normalized spacial score (nSPS) is 19.6. The predicted octanol–water partition coefficient (Wildman–Crippen LogP) is 2.89. The van der Waals surface area contributed by atoms with E-state index < -0.39 is 0 Å². The fourth-order valence-electron chi connectivity index (χ4n) is 1.93. The van der Waals surface area contributed by atoms with Gasteiger partial charge in [-0.25, -0.2) is 0 Å². The Bertz CT molecular complexity index is 520. The van der Waals surface area contributed by atoms with Gasteiger partial charge in [-0.15, -0.1) is 11.8 Å². The summed E-state index contributed by atoms with van der Waals surface area (Å²) in [7, 11) is 0. The summed E-state index contributed by atoms with van der Waals surface area (Å²) < 4.78 is 5.32. The van der Waals surface area contributed by atoms with Gasteiger partial charge in [0.1, 0.15) is 0 Å². The van der Waals surface area contributed by atoms with Crippen molar-refractivity contribution < 1.29 is 4.52 Å². The molecule has 0 aliphatic carbocycles. The van der Waals surface area contributed by atoms with Crippen molar-refractivity contribution in [1.82, 2.24) is 10.1 Å². The fraction of sp³-hybridized carbons (Fsp3) is 0.333. The molecule has 1 unspecified atom stereocenters. The van der Waals surface area contributed by atoms with E-state index in [0.717, 1.165) is 17.9 Å². The molecule has 1 fully saturated rings. The molecule has 1 aliphatic rings. The fourth-order valence-corrected chi connectivity index (χ4v) is 3.12. The minimum atomic E-state index is 0.373. The predicted molar refractivity (Wildman–Crippen MR) is 68.6 cm³/mol. The lowest BCUT2D eigenvalue weighted by Crippen LogP contribution is -1.89. The SMILES string of the molecule is Nc1cccc(-c2noc(C3CCCS3)n2)c1. The van der Waals surface area contributed by atoms with E-state index in [2.05, 4.69) is 10.1 Å². The van der Waals surface area contributed by atoms with Gasteiger partial charge in [-0.1, -0.05) is 17.3 Å². The van der Waals surface area contributed by atoms with Crippen molar-refractivity contribution in [3.63, 3.8) is 0 Å². The average Bonchev–Trinajstić information content (AvgIpc) is 3.00. The molecule has 1 saturated heterocycles. The first kappa shape index (κ1) is 10.7. The van der Waals surface area contributed by atoms with Crippen LogP contribution in [0.15, 0.2) is 28.8 Å². The van der Waals surface area contributed by atoms with Crippen molar-refractivity contribution in [2.24, 2.45) is 0 Å². The molecule has 5 heteroatoms. The van der Waals surface area contributed by atoms with Gasteiger partial charge in [0, 0.05) is 11.3 Å². The number of nitrogen functional groups attached to an aromatic ring is 1. The summed E-state index contributed by atoms with van der Waals surface area (Å²) in [6, 6.07) is 7.53. The Balaban J connectivity index is 1.89. The highest BCUT2D eigenvalue weighted by molar-refractivity contribution is 7.99. The number of rotatable bonds is 2. The van der Waals surface area contributed by atoms with Crippen LogP contribution >= 0.6 is 11.8 Å². The Morgan fingerprint density at radius 2 is 2.35 bits per heavy atom. The molecule has 1 aromatic heterocycles. The number of anilines is 1. The van der Waals surface area contributed by atoms with Crippen molar-refractivity contribution in [1.29, 1.82) is 0 Å². The Kier molecular flexibility index (Phi) is 2.76. The highest BCUT2D eigenvalue weighted by atomic mass is 32.2. The molecule has 4 nitrogen and oxygen atoms in total. The van der Waals surface area contributed by atoms with Gasteiger partial charge >= 0.3 is 0 Å². The lowest BCUT2D eigenvalue weighted by molar-refractivity contribution is 0.375. The Morgan fingerprint density at radius 1 is 1.41 bits per heavy atom. The van der Waals surface area contributed by atoms with Crippen LogP contribution in [0.1, 0.15) is 24.0 Å². The minimum Gasteiger partial charge on any atom is -0.399 e. The maximum atomic E-state index is 5.73. The van der Waals surface area contributed by atoms with Crippen LogP contribution in [0, 0.1) is 0 Å². The molecule has 0 radical (unpaired) electrons. The van der Waals surface area contributed by atoms with Crippen LogP contribution in [0.5, 0.6) is 0 Å². The third-order valence-electron chi connectivity index (χ3n) is 2.79. The Morgan fingerprint density at radius 3 is 3.12 bits per heavy atom. The van der Waals surface area contributed by atoms with Crippen LogP contribution in [-0.4, -0.2) is 15.9 Å². The Hall–Kier alpha value is -1.49. The summed E-state index contributed by atoms with van der Waals surface area (Å²) in [6.07, 6.45) is 2.36. The quantitative estimate of drug-likeness (QED) is 0.827. The van der Waals surface area contributed by atoms with E-state index in [0.29, 0.717) is 16.8 Å².